The van der Waals surface area contributed by atoms with Crippen molar-refractivity contribution in [2.75, 3.05) is 14.2 Å². The molecule has 3 nitrogen and oxygen atoms in total. The number of rotatable bonds is 4. The summed E-state index contributed by atoms with van der Waals surface area (Å²) >= 11 is 1.56. The van der Waals surface area contributed by atoms with Crippen molar-refractivity contribution in [3.63, 3.8) is 0 Å². The molecule has 1 heterocycles. The van der Waals surface area contributed by atoms with E-state index in [1.54, 1.807) is 37.7 Å². The van der Waals surface area contributed by atoms with Crippen LogP contribution < -0.4 is 9.47 Å². The molecule has 1 aromatic heterocycles. The Morgan fingerprint density at radius 1 is 1.06 bits per heavy atom. The first kappa shape index (κ1) is 12.0. The normalized spacial score (nSPS) is 12.2. The van der Waals surface area contributed by atoms with Gasteiger partial charge in [0.2, 0.25) is 0 Å². The minimum absolute atomic E-state index is 0.624. The summed E-state index contributed by atoms with van der Waals surface area (Å²) in [6.07, 6.45) is -0.624. The zero-order chi connectivity index (χ0) is 12.3. The van der Waals surface area contributed by atoms with Crippen LogP contribution in [-0.4, -0.2) is 19.3 Å². The van der Waals surface area contributed by atoms with Gasteiger partial charge in [0.25, 0.3) is 0 Å². The molecule has 2 aromatic rings. The van der Waals surface area contributed by atoms with Crippen LogP contribution in [0.2, 0.25) is 0 Å². The lowest BCUT2D eigenvalue weighted by Gasteiger charge is -2.13. The molecule has 0 aliphatic carbocycles. The fourth-order valence-corrected chi connectivity index (χ4v) is 2.32. The summed E-state index contributed by atoms with van der Waals surface area (Å²) in [6.45, 7) is 0. The van der Waals surface area contributed by atoms with Gasteiger partial charge in [0.15, 0.2) is 11.5 Å². The molecule has 0 amide bonds. The predicted molar refractivity (Wildman–Crippen MR) is 67.9 cm³/mol. The van der Waals surface area contributed by atoms with Crippen LogP contribution in [0.4, 0.5) is 0 Å². The largest absolute Gasteiger partial charge is 0.493 e. The van der Waals surface area contributed by atoms with Crippen LogP contribution in [0.5, 0.6) is 11.5 Å². The van der Waals surface area contributed by atoms with Crippen molar-refractivity contribution in [1.29, 1.82) is 0 Å². The van der Waals surface area contributed by atoms with Gasteiger partial charge in [-0.1, -0.05) is 6.07 Å². The Kier molecular flexibility index (Phi) is 3.66. The molecule has 0 aliphatic rings. The van der Waals surface area contributed by atoms with Crippen LogP contribution in [0.25, 0.3) is 0 Å². The summed E-state index contributed by atoms with van der Waals surface area (Å²) in [6, 6.07) is 7.33. The van der Waals surface area contributed by atoms with Gasteiger partial charge in [-0.15, -0.1) is 0 Å². The van der Waals surface area contributed by atoms with Crippen LogP contribution in [0, 0.1) is 0 Å². The first-order valence-electron chi connectivity index (χ1n) is 5.18. The van der Waals surface area contributed by atoms with E-state index < -0.39 is 6.10 Å². The average molecular weight is 250 g/mol. The zero-order valence-corrected chi connectivity index (χ0v) is 10.5. The monoisotopic (exact) mass is 250 g/mol. The van der Waals surface area contributed by atoms with Gasteiger partial charge < -0.3 is 14.6 Å². The van der Waals surface area contributed by atoms with E-state index in [4.69, 9.17) is 9.47 Å². The average Bonchev–Trinajstić information content (AvgIpc) is 2.90. The van der Waals surface area contributed by atoms with Crippen molar-refractivity contribution in [1.82, 2.24) is 0 Å². The molecule has 4 heteroatoms. The Bertz CT molecular complexity index is 479. The van der Waals surface area contributed by atoms with Gasteiger partial charge in [-0.25, -0.2) is 0 Å². The van der Waals surface area contributed by atoms with Crippen molar-refractivity contribution >= 4 is 11.3 Å². The third-order valence-electron chi connectivity index (χ3n) is 2.58. The molecule has 0 bridgehead atoms. The second-order valence-corrected chi connectivity index (χ2v) is 4.35. The maximum atomic E-state index is 10.2. The second-order valence-electron chi connectivity index (χ2n) is 3.57. The first-order chi connectivity index (χ1) is 8.26. The number of hydrogen-bond acceptors (Lipinski definition) is 4. The molecule has 90 valence electrons. The van der Waals surface area contributed by atoms with Gasteiger partial charge in [-0.2, -0.15) is 11.3 Å². The summed E-state index contributed by atoms with van der Waals surface area (Å²) in [5, 5.41) is 14.1. The lowest BCUT2D eigenvalue weighted by molar-refractivity contribution is 0.220. The molecular formula is C13H14O3S. The van der Waals surface area contributed by atoms with E-state index >= 15 is 0 Å². The van der Waals surface area contributed by atoms with E-state index in [1.807, 2.05) is 22.9 Å². The number of aliphatic hydroxyl groups excluding tert-OH is 1. The Morgan fingerprint density at radius 3 is 2.41 bits per heavy atom. The number of benzene rings is 1. The molecular weight excluding hydrogens is 236 g/mol. The molecule has 0 spiro atoms. The van der Waals surface area contributed by atoms with Crippen molar-refractivity contribution in [3.05, 3.63) is 46.2 Å². The summed E-state index contributed by atoms with van der Waals surface area (Å²) < 4.78 is 10.4. The Morgan fingerprint density at radius 2 is 1.82 bits per heavy atom. The highest BCUT2D eigenvalue weighted by Crippen LogP contribution is 2.32. The fourth-order valence-electron chi connectivity index (χ4n) is 1.65. The van der Waals surface area contributed by atoms with Gasteiger partial charge in [0.05, 0.1) is 14.2 Å². The first-order valence-corrected chi connectivity index (χ1v) is 6.12. The maximum Gasteiger partial charge on any atom is 0.161 e. The zero-order valence-electron chi connectivity index (χ0n) is 9.71. The summed E-state index contributed by atoms with van der Waals surface area (Å²) in [7, 11) is 3.17. The third kappa shape index (κ3) is 2.43. The number of ether oxygens (including phenoxy) is 2. The van der Waals surface area contributed by atoms with E-state index in [9.17, 15) is 5.11 Å². The SMILES string of the molecule is COc1ccc([C@@H](O)c2ccsc2)cc1OC. The highest BCUT2D eigenvalue weighted by atomic mass is 32.1. The fraction of sp³-hybridized carbons (Fsp3) is 0.231. The van der Waals surface area contributed by atoms with E-state index in [0.717, 1.165) is 11.1 Å². The number of aliphatic hydroxyl groups is 1. The summed E-state index contributed by atoms with van der Waals surface area (Å²) in [5.41, 5.74) is 1.68. The standard InChI is InChI=1S/C13H14O3S/c1-15-11-4-3-9(7-12(11)16-2)13(14)10-5-6-17-8-10/h3-8,13-14H,1-2H3/t13-/m1/s1. The van der Waals surface area contributed by atoms with Crippen molar-refractivity contribution < 1.29 is 14.6 Å². The highest BCUT2D eigenvalue weighted by Gasteiger charge is 2.13. The molecule has 2 rings (SSSR count). The van der Waals surface area contributed by atoms with Gasteiger partial charge in [-0.3, -0.25) is 0 Å². The van der Waals surface area contributed by atoms with Gasteiger partial charge in [0, 0.05) is 0 Å². The Balaban J connectivity index is 2.33. The van der Waals surface area contributed by atoms with E-state index in [1.165, 1.54) is 0 Å². The molecule has 1 N–H and O–H groups in total. The van der Waals surface area contributed by atoms with Crippen LogP contribution in [0.3, 0.4) is 0 Å². The Labute approximate surface area is 104 Å². The van der Waals surface area contributed by atoms with Gasteiger partial charge >= 0.3 is 0 Å². The van der Waals surface area contributed by atoms with Crippen molar-refractivity contribution in [2.24, 2.45) is 0 Å². The lowest BCUT2D eigenvalue weighted by Crippen LogP contribution is -1.99. The minimum Gasteiger partial charge on any atom is -0.493 e. The minimum atomic E-state index is -0.624. The smallest absolute Gasteiger partial charge is 0.161 e. The molecule has 0 saturated heterocycles. The van der Waals surface area contributed by atoms with Crippen LogP contribution in [-0.2, 0) is 0 Å². The molecule has 1 atom stereocenters. The third-order valence-corrected chi connectivity index (χ3v) is 3.28. The topological polar surface area (TPSA) is 38.7 Å². The summed E-state index contributed by atoms with van der Waals surface area (Å²) in [4.78, 5) is 0. The van der Waals surface area contributed by atoms with Gasteiger partial charge in [0.1, 0.15) is 6.10 Å². The highest BCUT2D eigenvalue weighted by molar-refractivity contribution is 7.07. The van der Waals surface area contributed by atoms with Crippen LogP contribution in [0.15, 0.2) is 35.0 Å². The van der Waals surface area contributed by atoms with Crippen molar-refractivity contribution in [2.45, 2.75) is 6.10 Å². The molecule has 0 saturated carbocycles. The summed E-state index contributed by atoms with van der Waals surface area (Å²) in [5.74, 6) is 1.29. The second kappa shape index (κ2) is 5.21. The van der Waals surface area contributed by atoms with E-state index in [-0.39, 0.29) is 0 Å². The quantitative estimate of drug-likeness (QED) is 0.906. The van der Waals surface area contributed by atoms with E-state index in [0.29, 0.717) is 11.5 Å². The molecule has 0 unspecified atom stereocenters. The molecule has 0 radical (unpaired) electrons. The molecule has 0 fully saturated rings. The number of thiophene rings is 1. The molecule has 17 heavy (non-hydrogen) atoms. The lowest BCUT2D eigenvalue weighted by atomic mass is 10.0. The van der Waals surface area contributed by atoms with Crippen LogP contribution in [0.1, 0.15) is 17.2 Å². The molecule has 0 aliphatic heterocycles. The van der Waals surface area contributed by atoms with Crippen LogP contribution >= 0.6 is 11.3 Å². The predicted octanol–water partition coefficient (Wildman–Crippen LogP) is 2.85. The molecule has 1 aromatic carbocycles. The van der Waals surface area contributed by atoms with Crippen molar-refractivity contribution in [3.8, 4) is 11.5 Å². The maximum absolute atomic E-state index is 10.2. The van der Waals surface area contributed by atoms with E-state index in [2.05, 4.69) is 0 Å². The Hall–Kier alpha value is -1.52. The number of hydrogen-bond donors (Lipinski definition) is 1. The van der Waals surface area contributed by atoms with Gasteiger partial charge in [-0.05, 0) is 40.1 Å². The number of methoxy groups -OCH3 is 2.